The molecule has 5 heteroatoms. The Morgan fingerprint density at radius 2 is 2.25 bits per heavy atom. The van der Waals surface area contributed by atoms with Gasteiger partial charge in [0.1, 0.15) is 0 Å². The predicted molar refractivity (Wildman–Crippen MR) is 61.0 cm³/mol. The van der Waals surface area contributed by atoms with Crippen molar-refractivity contribution in [2.24, 2.45) is 5.92 Å². The molecule has 1 aromatic heterocycles. The minimum atomic E-state index is 0.700. The lowest BCUT2D eigenvalue weighted by molar-refractivity contribution is 0.357. The second-order valence-electron chi connectivity index (χ2n) is 4.73. The van der Waals surface area contributed by atoms with E-state index in [1.807, 2.05) is 14.1 Å². The molecule has 0 amide bonds. The number of nitrogens with one attached hydrogen (secondary N) is 1. The van der Waals surface area contributed by atoms with E-state index in [0.717, 1.165) is 31.3 Å². The lowest BCUT2D eigenvalue weighted by Crippen LogP contribution is -2.17. The van der Waals surface area contributed by atoms with Gasteiger partial charge in [0.2, 0.25) is 5.89 Å². The number of likely N-dealkylation sites (N-methyl/N-ethyl adjacent to an activating group) is 1. The van der Waals surface area contributed by atoms with Gasteiger partial charge in [-0.2, -0.15) is 4.98 Å². The van der Waals surface area contributed by atoms with Crippen LogP contribution in [0.2, 0.25) is 0 Å². The van der Waals surface area contributed by atoms with E-state index in [9.17, 15) is 0 Å². The number of nitrogens with zero attached hydrogens (tertiary/aromatic N) is 3. The highest BCUT2D eigenvalue weighted by Crippen LogP contribution is 2.27. The first-order chi connectivity index (χ1) is 7.74. The Kier molecular flexibility index (Phi) is 3.90. The summed E-state index contributed by atoms with van der Waals surface area (Å²) in [6.07, 6.45) is 3.58. The van der Waals surface area contributed by atoms with Crippen LogP contribution in [-0.4, -0.2) is 42.2 Å². The molecule has 1 heterocycles. The van der Waals surface area contributed by atoms with E-state index in [1.54, 1.807) is 0 Å². The van der Waals surface area contributed by atoms with Gasteiger partial charge >= 0.3 is 0 Å². The maximum absolute atomic E-state index is 5.16. The van der Waals surface area contributed by atoms with Crippen LogP contribution in [0, 0.1) is 5.92 Å². The van der Waals surface area contributed by atoms with Crippen LogP contribution >= 0.6 is 0 Å². The van der Waals surface area contributed by atoms with Crippen LogP contribution in [0.1, 0.15) is 24.6 Å². The zero-order chi connectivity index (χ0) is 11.4. The molecule has 0 spiro atoms. The number of aromatic nitrogens is 2. The van der Waals surface area contributed by atoms with Crippen molar-refractivity contribution in [2.45, 2.75) is 25.8 Å². The van der Waals surface area contributed by atoms with Crippen LogP contribution in [0.5, 0.6) is 0 Å². The van der Waals surface area contributed by atoms with Gasteiger partial charge in [0, 0.05) is 13.0 Å². The molecule has 0 bridgehead atoms. The molecule has 0 saturated heterocycles. The molecule has 0 aromatic carbocycles. The van der Waals surface area contributed by atoms with E-state index in [2.05, 4.69) is 20.4 Å². The largest absolute Gasteiger partial charge is 0.338 e. The molecule has 0 radical (unpaired) electrons. The Morgan fingerprint density at radius 1 is 1.44 bits per heavy atom. The van der Waals surface area contributed by atoms with Crippen molar-refractivity contribution in [3.05, 3.63) is 11.7 Å². The fourth-order valence-corrected chi connectivity index (χ4v) is 1.49. The molecule has 1 aliphatic carbocycles. The van der Waals surface area contributed by atoms with E-state index >= 15 is 0 Å². The zero-order valence-corrected chi connectivity index (χ0v) is 10.1. The van der Waals surface area contributed by atoms with Gasteiger partial charge < -0.3 is 14.7 Å². The van der Waals surface area contributed by atoms with Crippen LogP contribution in [0.3, 0.4) is 0 Å². The molecular formula is C11H20N4O. The molecule has 0 atom stereocenters. The standard InChI is InChI=1S/C11H20N4O/c1-15(2)6-5-10-13-11(16-14-10)8-12-7-9-3-4-9/h9,12H,3-8H2,1-2H3. The highest BCUT2D eigenvalue weighted by Gasteiger charge is 2.20. The summed E-state index contributed by atoms with van der Waals surface area (Å²) in [6, 6.07) is 0. The Bertz CT molecular complexity index is 320. The van der Waals surface area contributed by atoms with Gasteiger partial charge in [-0.1, -0.05) is 5.16 Å². The first kappa shape index (κ1) is 11.5. The summed E-state index contributed by atoms with van der Waals surface area (Å²) >= 11 is 0. The third kappa shape index (κ3) is 3.90. The molecule has 0 aliphatic heterocycles. The Labute approximate surface area is 96.2 Å². The summed E-state index contributed by atoms with van der Waals surface area (Å²) in [6.45, 7) is 2.73. The van der Waals surface area contributed by atoms with Crippen LogP contribution in [0.15, 0.2) is 4.52 Å². The first-order valence-corrected chi connectivity index (χ1v) is 5.91. The normalized spacial score (nSPS) is 15.9. The third-order valence-corrected chi connectivity index (χ3v) is 2.70. The Balaban J connectivity index is 1.68. The summed E-state index contributed by atoms with van der Waals surface area (Å²) in [5, 5.41) is 7.28. The second-order valence-corrected chi connectivity index (χ2v) is 4.73. The maximum Gasteiger partial charge on any atom is 0.240 e. The SMILES string of the molecule is CN(C)CCc1noc(CNCC2CC2)n1. The van der Waals surface area contributed by atoms with Crippen LogP contribution in [-0.2, 0) is 13.0 Å². The predicted octanol–water partition coefficient (Wildman–Crippen LogP) is 0.673. The van der Waals surface area contributed by atoms with Crippen molar-refractivity contribution in [1.82, 2.24) is 20.4 Å². The van der Waals surface area contributed by atoms with Gasteiger partial charge in [-0.15, -0.1) is 0 Å². The number of hydrogen-bond acceptors (Lipinski definition) is 5. The zero-order valence-electron chi connectivity index (χ0n) is 10.1. The van der Waals surface area contributed by atoms with Crippen LogP contribution in [0.25, 0.3) is 0 Å². The van der Waals surface area contributed by atoms with E-state index in [-0.39, 0.29) is 0 Å². The quantitative estimate of drug-likeness (QED) is 0.738. The second kappa shape index (κ2) is 5.41. The lowest BCUT2D eigenvalue weighted by Gasteiger charge is -2.05. The molecule has 1 aromatic rings. The van der Waals surface area contributed by atoms with Crippen LogP contribution in [0.4, 0.5) is 0 Å². The van der Waals surface area contributed by atoms with Gasteiger partial charge in [-0.3, -0.25) is 0 Å². The van der Waals surface area contributed by atoms with Crippen molar-refractivity contribution in [2.75, 3.05) is 27.2 Å². The fraction of sp³-hybridized carbons (Fsp3) is 0.818. The average Bonchev–Trinajstić information content (AvgIpc) is 2.94. The molecule has 1 aliphatic rings. The number of hydrogen-bond donors (Lipinski definition) is 1. The smallest absolute Gasteiger partial charge is 0.240 e. The topological polar surface area (TPSA) is 54.2 Å². The summed E-state index contributed by atoms with van der Waals surface area (Å²) in [5.41, 5.74) is 0. The van der Waals surface area contributed by atoms with Crippen LogP contribution < -0.4 is 5.32 Å². The van der Waals surface area contributed by atoms with Gasteiger partial charge in [0.15, 0.2) is 5.82 Å². The average molecular weight is 224 g/mol. The maximum atomic E-state index is 5.16. The van der Waals surface area contributed by atoms with Gasteiger partial charge in [0.25, 0.3) is 0 Å². The minimum Gasteiger partial charge on any atom is -0.338 e. The highest BCUT2D eigenvalue weighted by atomic mass is 16.5. The molecule has 1 N–H and O–H groups in total. The molecule has 5 nitrogen and oxygen atoms in total. The monoisotopic (exact) mass is 224 g/mol. The van der Waals surface area contributed by atoms with Crippen molar-refractivity contribution in [3.8, 4) is 0 Å². The third-order valence-electron chi connectivity index (χ3n) is 2.70. The summed E-state index contributed by atoms with van der Waals surface area (Å²) in [4.78, 5) is 6.44. The molecule has 1 saturated carbocycles. The lowest BCUT2D eigenvalue weighted by atomic mass is 10.4. The van der Waals surface area contributed by atoms with E-state index in [0.29, 0.717) is 12.4 Å². The Morgan fingerprint density at radius 3 is 2.94 bits per heavy atom. The van der Waals surface area contributed by atoms with Crippen molar-refractivity contribution in [3.63, 3.8) is 0 Å². The summed E-state index contributed by atoms with van der Waals surface area (Å²) in [7, 11) is 4.08. The van der Waals surface area contributed by atoms with Crippen molar-refractivity contribution < 1.29 is 4.52 Å². The minimum absolute atomic E-state index is 0.700. The van der Waals surface area contributed by atoms with E-state index < -0.39 is 0 Å². The van der Waals surface area contributed by atoms with E-state index in [1.165, 1.54) is 12.8 Å². The molecule has 2 rings (SSSR count). The highest BCUT2D eigenvalue weighted by molar-refractivity contribution is 4.87. The molecule has 90 valence electrons. The summed E-state index contributed by atoms with van der Waals surface area (Å²) < 4.78 is 5.16. The van der Waals surface area contributed by atoms with Gasteiger partial charge in [-0.25, -0.2) is 0 Å². The molecular weight excluding hydrogens is 204 g/mol. The molecule has 0 unspecified atom stereocenters. The fourth-order valence-electron chi connectivity index (χ4n) is 1.49. The first-order valence-electron chi connectivity index (χ1n) is 5.91. The van der Waals surface area contributed by atoms with Gasteiger partial charge in [0.05, 0.1) is 6.54 Å². The van der Waals surface area contributed by atoms with E-state index in [4.69, 9.17) is 4.52 Å². The number of rotatable bonds is 7. The van der Waals surface area contributed by atoms with Gasteiger partial charge in [-0.05, 0) is 39.4 Å². The molecule has 1 fully saturated rings. The molecule has 16 heavy (non-hydrogen) atoms. The van der Waals surface area contributed by atoms with Crippen molar-refractivity contribution >= 4 is 0 Å². The van der Waals surface area contributed by atoms with Crippen molar-refractivity contribution in [1.29, 1.82) is 0 Å². The summed E-state index contributed by atoms with van der Waals surface area (Å²) in [5.74, 6) is 2.39. The Hall–Kier alpha value is -0.940.